The molecule has 1 unspecified atom stereocenters. The zero-order valence-corrected chi connectivity index (χ0v) is 11.4. The Morgan fingerprint density at radius 2 is 2.05 bits per heavy atom. The number of piperazine rings is 1. The van der Waals surface area contributed by atoms with Gasteiger partial charge in [-0.25, -0.2) is 4.39 Å². The lowest BCUT2D eigenvalue weighted by Crippen LogP contribution is -2.51. The Hall–Kier alpha value is -1.95. The third-order valence-electron chi connectivity index (χ3n) is 3.29. The van der Waals surface area contributed by atoms with Crippen molar-refractivity contribution in [1.82, 2.24) is 15.5 Å². The normalized spacial score (nSPS) is 16.6. The Morgan fingerprint density at radius 1 is 1.35 bits per heavy atom. The minimum atomic E-state index is -0.649. The average molecular weight is 279 g/mol. The van der Waals surface area contributed by atoms with Crippen molar-refractivity contribution in [2.45, 2.75) is 13.0 Å². The molecule has 1 fully saturated rings. The molecular weight excluding hydrogens is 261 g/mol. The summed E-state index contributed by atoms with van der Waals surface area (Å²) in [6, 6.07) is 5.56. The van der Waals surface area contributed by atoms with Crippen molar-refractivity contribution in [2.75, 3.05) is 26.2 Å². The highest BCUT2D eigenvalue weighted by atomic mass is 19.1. The van der Waals surface area contributed by atoms with Crippen molar-refractivity contribution in [1.29, 1.82) is 0 Å². The van der Waals surface area contributed by atoms with Crippen LogP contribution in [-0.4, -0.2) is 42.9 Å². The van der Waals surface area contributed by atoms with Crippen LogP contribution in [0.1, 0.15) is 18.5 Å². The van der Waals surface area contributed by atoms with Crippen molar-refractivity contribution >= 4 is 11.8 Å². The topological polar surface area (TPSA) is 61.4 Å². The van der Waals surface area contributed by atoms with E-state index in [4.69, 9.17) is 0 Å². The van der Waals surface area contributed by atoms with Crippen molar-refractivity contribution in [3.63, 3.8) is 0 Å². The molecule has 1 atom stereocenters. The molecule has 2 amide bonds. The fraction of sp³-hybridized carbons (Fsp3) is 0.429. The highest BCUT2D eigenvalue weighted by molar-refractivity contribution is 6.35. The molecule has 2 N–H and O–H groups in total. The number of halogens is 1. The summed E-state index contributed by atoms with van der Waals surface area (Å²) in [5, 5.41) is 5.72. The molecule has 1 aliphatic rings. The molecule has 0 bridgehead atoms. The third-order valence-corrected chi connectivity index (χ3v) is 3.29. The minimum Gasteiger partial charge on any atom is -0.341 e. The van der Waals surface area contributed by atoms with Gasteiger partial charge in [0, 0.05) is 26.2 Å². The third kappa shape index (κ3) is 3.54. The zero-order chi connectivity index (χ0) is 14.5. The van der Waals surface area contributed by atoms with Gasteiger partial charge in [0.1, 0.15) is 5.82 Å². The van der Waals surface area contributed by atoms with Gasteiger partial charge in [-0.15, -0.1) is 0 Å². The van der Waals surface area contributed by atoms with E-state index < -0.39 is 17.9 Å². The van der Waals surface area contributed by atoms with Crippen LogP contribution in [0.5, 0.6) is 0 Å². The molecule has 6 heteroatoms. The first kappa shape index (κ1) is 14.5. The molecule has 0 spiro atoms. The maximum Gasteiger partial charge on any atom is 0.311 e. The van der Waals surface area contributed by atoms with Gasteiger partial charge in [-0.3, -0.25) is 9.59 Å². The SMILES string of the molecule is CC(NC(=O)C(=O)N1CCNCC1)c1cccc(F)c1. The molecule has 20 heavy (non-hydrogen) atoms. The van der Waals surface area contributed by atoms with Crippen molar-refractivity contribution < 1.29 is 14.0 Å². The van der Waals surface area contributed by atoms with Gasteiger partial charge in [0.05, 0.1) is 6.04 Å². The second kappa shape index (κ2) is 6.47. The van der Waals surface area contributed by atoms with Gasteiger partial charge >= 0.3 is 11.8 Å². The first-order valence-electron chi connectivity index (χ1n) is 6.64. The summed E-state index contributed by atoms with van der Waals surface area (Å²) in [4.78, 5) is 25.4. The lowest BCUT2D eigenvalue weighted by atomic mass is 10.1. The summed E-state index contributed by atoms with van der Waals surface area (Å²) < 4.78 is 13.1. The maximum absolute atomic E-state index is 13.1. The van der Waals surface area contributed by atoms with E-state index in [9.17, 15) is 14.0 Å². The molecule has 0 saturated carbocycles. The quantitative estimate of drug-likeness (QED) is 0.772. The van der Waals surface area contributed by atoms with Gasteiger partial charge in [0.2, 0.25) is 0 Å². The molecular formula is C14H18FN3O2. The van der Waals surface area contributed by atoms with E-state index in [2.05, 4.69) is 10.6 Å². The fourth-order valence-corrected chi connectivity index (χ4v) is 2.13. The number of carbonyl (C=O) groups is 2. The van der Waals surface area contributed by atoms with Crippen LogP contribution in [0.25, 0.3) is 0 Å². The maximum atomic E-state index is 13.1. The van der Waals surface area contributed by atoms with Gasteiger partial charge in [0.15, 0.2) is 0 Å². The summed E-state index contributed by atoms with van der Waals surface area (Å²) in [5.41, 5.74) is 0.631. The first-order chi connectivity index (χ1) is 9.58. The molecule has 0 aromatic heterocycles. The summed E-state index contributed by atoms with van der Waals surface area (Å²) in [7, 11) is 0. The van der Waals surface area contributed by atoms with Crippen LogP contribution in [-0.2, 0) is 9.59 Å². The molecule has 1 aliphatic heterocycles. The van der Waals surface area contributed by atoms with E-state index in [1.807, 2.05) is 0 Å². The second-order valence-electron chi connectivity index (χ2n) is 4.79. The number of carbonyl (C=O) groups excluding carboxylic acids is 2. The Kier molecular flexibility index (Phi) is 4.68. The largest absolute Gasteiger partial charge is 0.341 e. The lowest BCUT2D eigenvalue weighted by molar-refractivity contribution is -0.146. The summed E-state index contributed by atoms with van der Waals surface area (Å²) in [6.45, 7) is 4.16. The molecule has 0 radical (unpaired) electrons. The van der Waals surface area contributed by atoms with Crippen LogP contribution < -0.4 is 10.6 Å². The Balaban J connectivity index is 1.94. The molecule has 1 heterocycles. The number of benzene rings is 1. The van der Waals surface area contributed by atoms with Gasteiger partial charge in [-0.05, 0) is 24.6 Å². The Morgan fingerprint density at radius 3 is 2.70 bits per heavy atom. The van der Waals surface area contributed by atoms with Crippen LogP contribution in [0, 0.1) is 5.82 Å². The predicted octanol–water partition coefficient (Wildman–Crippen LogP) is 0.435. The number of nitrogens with zero attached hydrogens (tertiary/aromatic N) is 1. The second-order valence-corrected chi connectivity index (χ2v) is 4.79. The summed E-state index contributed by atoms with van der Waals surface area (Å²) >= 11 is 0. The number of nitrogens with one attached hydrogen (secondary N) is 2. The monoisotopic (exact) mass is 279 g/mol. The average Bonchev–Trinajstić information content (AvgIpc) is 2.47. The Bertz CT molecular complexity index is 501. The van der Waals surface area contributed by atoms with Crippen molar-refractivity contribution in [3.8, 4) is 0 Å². The van der Waals surface area contributed by atoms with E-state index in [0.717, 1.165) is 0 Å². The summed E-state index contributed by atoms with van der Waals surface area (Å²) in [6.07, 6.45) is 0. The predicted molar refractivity (Wildman–Crippen MR) is 72.4 cm³/mol. The molecule has 1 saturated heterocycles. The summed E-state index contributed by atoms with van der Waals surface area (Å²) in [5.74, 6) is -1.55. The van der Waals surface area contributed by atoms with Gasteiger partial charge in [-0.1, -0.05) is 12.1 Å². The van der Waals surface area contributed by atoms with Crippen LogP contribution in [0.15, 0.2) is 24.3 Å². The van der Waals surface area contributed by atoms with Gasteiger partial charge in [0.25, 0.3) is 0 Å². The molecule has 5 nitrogen and oxygen atoms in total. The van der Waals surface area contributed by atoms with Crippen LogP contribution in [0.3, 0.4) is 0 Å². The molecule has 2 rings (SSSR count). The van der Waals surface area contributed by atoms with Gasteiger partial charge < -0.3 is 15.5 Å². The van der Waals surface area contributed by atoms with E-state index in [1.165, 1.54) is 17.0 Å². The van der Waals surface area contributed by atoms with Crippen molar-refractivity contribution in [2.24, 2.45) is 0 Å². The van der Waals surface area contributed by atoms with Gasteiger partial charge in [-0.2, -0.15) is 0 Å². The number of amides is 2. The van der Waals surface area contributed by atoms with Crippen LogP contribution in [0.2, 0.25) is 0 Å². The Labute approximate surface area is 117 Å². The van der Waals surface area contributed by atoms with E-state index in [0.29, 0.717) is 31.7 Å². The molecule has 0 aliphatic carbocycles. The molecule has 1 aromatic carbocycles. The number of hydrogen-bond acceptors (Lipinski definition) is 3. The van der Waals surface area contributed by atoms with Crippen molar-refractivity contribution in [3.05, 3.63) is 35.6 Å². The molecule has 1 aromatic rings. The van der Waals surface area contributed by atoms with Crippen LogP contribution in [0.4, 0.5) is 4.39 Å². The molecule has 108 valence electrons. The fourth-order valence-electron chi connectivity index (χ4n) is 2.13. The smallest absolute Gasteiger partial charge is 0.311 e. The highest BCUT2D eigenvalue weighted by Crippen LogP contribution is 2.13. The van der Waals surface area contributed by atoms with Crippen LogP contribution >= 0.6 is 0 Å². The lowest BCUT2D eigenvalue weighted by Gasteiger charge is -2.27. The van der Waals surface area contributed by atoms with E-state index in [1.54, 1.807) is 19.1 Å². The zero-order valence-electron chi connectivity index (χ0n) is 11.4. The minimum absolute atomic E-state index is 0.364. The number of rotatable bonds is 2. The first-order valence-corrected chi connectivity index (χ1v) is 6.64. The highest BCUT2D eigenvalue weighted by Gasteiger charge is 2.24. The van der Waals surface area contributed by atoms with E-state index >= 15 is 0 Å². The number of hydrogen-bond donors (Lipinski definition) is 2. The standard InChI is InChI=1S/C14H18FN3O2/c1-10(11-3-2-4-12(15)9-11)17-13(19)14(20)18-7-5-16-6-8-18/h2-4,9-10,16H,5-8H2,1H3,(H,17,19). The van der Waals surface area contributed by atoms with E-state index in [-0.39, 0.29) is 5.82 Å².